The van der Waals surface area contributed by atoms with Gasteiger partial charge in [0.15, 0.2) is 0 Å². The van der Waals surface area contributed by atoms with Crippen LogP contribution in [-0.4, -0.2) is 66.9 Å². The molecule has 0 heterocycles. The minimum atomic E-state index is -1.01. The fourth-order valence-electron chi connectivity index (χ4n) is 1.22. The number of rotatable bonds is 13. The molecular weight excluding hydrogens is 270 g/mol. The molecule has 0 saturated heterocycles. The minimum absolute atomic E-state index is 0.0118. The Balaban J connectivity index is 3.90. The van der Waals surface area contributed by atoms with Gasteiger partial charge >= 0.3 is 11.9 Å². The number of carboxylic acids is 2. The third-order valence-corrected chi connectivity index (χ3v) is 2.24. The Labute approximate surface area is 117 Å². The molecule has 0 bridgehead atoms. The second-order valence-electron chi connectivity index (χ2n) is 4.22. The first-order valence-electron chi connectivity index (χ1n) is 6.23. The number of aliphatic carboxylic acids is 2. The van der Waals surface area contributed by atoms with Gasteiger partial charge in [-0.3, -0.25) is 19.7 Å². The monoisotopic (exact) mass is 291 g/mol. The average Bonchev–Trinajstić information content (AvgIpc) is 2.34. The van der Waals surface area contributed by atoms with E-state index in [1.54, 1.807) is 0 Å². The zero-order valence-electron chi connectivity index (χ0n) is 11.5. The summed E-state index contributed by atoms with van der Waals surface area (Å²) in [7, 11) is 0. The first-order valence-corrected chi connectivity index (χ1v) is 6.23. The second-order valence-corrected chi connectivity index (χ2v) is 4.22. The van der Waals surface area contributed by atoms with Gasteiger partial charge in [-0.25, -0.2) is 0 Å². The zero-order valence-corrected chi connectivity index (χ0v) is 11.5. The molecule has 0 aromatic rings. The standard InChI is InChI=1S/C12H21NO7/c1-9(14)2-4-19-7-10(13-6-12(17)18)8-20-5-3-11(15)16/h10,13H,2-8H2,1H3,(H,15,16)(H,17,18). The molecule has 1 unspecified atom stereocenters. The normalized spacial score (nSPS) is 12.1. The Bertz CT molecular complexity index is 297. The number of carbonyl (C=O) groups is 3. The highest BCUT2D eigenvalue weighted by atomic mass is 16.5. The lowest BCUT2D eigenvalue weighted by molar-refractivity contribution is -0.138. The van der Waals surface area contributed by atoms with Crippen molar-refractivity contribution in [2.45, 2.75) is 25.8 Å². The highest BCUT2D eigenvalue weighted by molar-refractivity contribution is 5.75. The molecule has 0 aliphatic heterocycles. The van der Waals surface area contributed by atoms with Crippen LogP contribution in [0.5, 0.6) is 0 Å². The summed E-state index contributed by atoms with van der Waals surface area (Å²) in [4.78, 5) is 31.5. The third kappa shape index (κ3) is 12.9. The quantitative estimate of drug-likeness (QED) is 0.389. The molecule has 0 radical (unpaired) electrons. The molecule has 8 nitrogen and oxygen atoms in total. The van der Waals surface area contributed by atoms with Gasteiger partial charge in [0.05, 0.1) is 45.4 Å². The maximum absolute atomic E-state index is 10.7. The minimum Gasteiger partial charge on any atom is -0.481 e. The maximum atomic E-state index is 10.7. The number of Topliss-reactive ketones (excluding diaryl/α,β-unsaturated/α-hetero) is 1. The Morgan fingerprint density at radius 3 is 2.00 bits per heavy atom. The summed E-state index contributed by atoms with van der Waals surface area (Å²) in [6.45, 7) is 1.85. The van der Waals surface area contributed by atoms with Gasteiger partial charge in [0.1, 0.15) is 5.78 Å². The van der Waals surface area contributed by atoms with E-state index in [0.29, 0.717) is 6.42 Å². The van der Waals surface area contributed by atoms with E-state index in [-0.39, 0.29) is 51.2 Å². The second kappa shape index (κ2) is 11.3. The highest BCUT2D eigenvalue weighted by Gasteiger charge is 2.11. The molecule has 0 rings (SSSR count). The molecule has 0 aliphatic rings. The number of hydrogen-bond donors (Lipinski definition) is 3. The number of ketones is 1. The molecule has 3 N–H and O–H groups in total. The molecule has 1 atom stereocenters. The van der Waals surface area contributed by atoms with Crippen LogP contribution in [0.15, 0.2) is 0 Å². The van der Waals surface area contributed by atoms with Gasteiger partial charge in [0, 0.05) is 6.42 Å². The molecule has 0 spiro atoms. The average molecular weight is 291 g/mol. The van der Waals surface area contributed by atoms with E-state index in [1.165, 1.54) is 6.92 Å². The fraction of sp³-hybridized carbons (Fsp3) is 0.750. The van der Waals surface area contributed by atoms with Crippen molar-refractivity contribution in [3.05, 3.63) is 0 Å². The van der Waals surface area contributed by atoms with E-state index in [2.05, 4.69) is 5.32 Å². The number of ether oxygens (including phenoxy) is 2. The summed E-state index contributed by atoms with van der Waals surface area (Å²) in [6, 6.07) is -0.369. The van der Waals surface area contributed by atoms with Crippen LogP contribution in [0.25, 0.3) is 0 Å². The van der Waals surface area contributed by atoms with E-state index in [1.807, 2.05) is 0 Å². The van der Waals surface area contributed by atoms with Gasteiger partial charge < -0.3 is 19.7 Å². The summed E-state index contributed by atoms with van der Waals surface area (Å²) in [5.74, 6) is -1.96. The fourth-order valence-corrected chi connectivity index (χ4v) is 1.22. The zero-order chi connectivity index (χ0) is 15.4. The van der Waals surface area contributed by atoms with Gasteiger partial charge in [-0.05, 0) is 6.92 Å². The van der Waals surface area contributed by atoms with Gasteiger partial charge in [-0.2, -0.15) is 0 Å². The lowest BCUT2D eigenvalue weighted by atomic mass is 10.3. The van der Waals surface area contributed by atoms with Crippen molar-refractivity contribution in [3.63, 3.8) is 0 Å². The van der Waals surface area contributed by atoms with Crippen LogP contribution in [0, 0.1) is 0 Å². The van der Waals surface area contributed by atoms with E-state index in [9.17, 15) is 14.4 Å². The van der Waals surface area contributed by atoms with Crippen LogP contribution >= 0.6 is 0 Å². The summed E-state index contributed by atoms with van der Waals surface area (Å²) in [5.41, 5.74) is 0. The van der Waals surface area contributed by atoms with Crippen molar-refractivity contribution >= 4 is 17.7 Å². The van der Waals surface area contributed by atoms with E-state index >= 15 is 0 Å². The van der Waals surface area contributed by atoms with Crippen molar-refractivity contribution in [1.29, 1.82) is 0 Å². The number of hydrogen-bond acceptors (Lipinski definition) is 6. The Morgan fingerprint density at radius 2 is 1.55 bits per heavy atom. The summed E-state index contributed by atoms with van der Waals surface area (Å²) >= 11 is 0. The molecule has 0 aromatic carbocycles. The van der Waals surface area contributed by atoms with Crippen LogP contribution < -0.4 is 5.32 Å². The van der Waals surface area contributed by atoms with E-state index in [0.717, 1.165) is 0 Å². The molecule has 0 aromatic heterocycles. The molecular formula is C12H21NO7. The van der Waals surface area contributed by atoms with Crippen molar-refractivity contribution in [1.82, 2.24) is 5.32 Å². The Hall–Kier alpha value is -1.51. The SMILES string of the molecule is CC(=O)CCOCC(COCCC(=O)O)NCC(=O)O. The molecule has 0 saturated carbocycles. The summed E-state index contributed by atoms with van der Waals surface area (Å²) in [5, 5.41) is 19.7. The van der Waals surface area contributed by atoms with Crippen LogP contribution in [0.1, 0.15) is 19.8 Å². The first-order chi connectivity index (χ1) is 9.41. The van der Waals surface area contributed by atoms with Crippen LogP contribution in [0.2, 0.25) is 0 Å². The van der Waals surface area contributed by atoms with Gasteiger partial charge in [-0.15, -0.1) is 0 Å². The lowest BCUT2D eigenvalue weighted by Gasteiger charge is -2.17. The summed E-state index contributed by atoms with van der Waals surface area (Å²) in [6.07, 6.45) is 0.183. The van der Waals surface area contributed by atoms with Crippen LogP contribution in [0.4, 0.5) is 0 Å². The van der Waals surface area contributed by atoms with Crippen LogP contribution in [-0.2, 0) is 23.9 Å². The number of carbonyl (C=O) groups excluding carboxylic acids is 1. The summed E-state index contributed by atoms with van der Waals surface area (Å²) < 4.78 is 10.4. The number of carboxylic acid groups (broad SMARTS) is 2. The van der Waals surface area contributed by atoms with E-state index in [4.69, 9.17) is 19.7 Å². The molecule has 0 amide bonds. The molecule has 0 fully saturated rings. The van der Waals surface area contributed by atoms with Crippen molar-refractivity contribution in [2.24, 2.45) is 0 Å². The lowest BCUT2D eigenvalue weighted by Crippen LogP contribution is -2.40. The van der Waals surface area contributed by atoms with Gasteiger partial charge in [-0.1, -0.05) is 0 Å². The molecule has 20 heavy (non-hydrogen) atoms. The smallest absolute Gasteiger partial charge is 0.317 e. The van der Waals surface area contributed by atoms with Crippen molar-refractivity contribution < 1.29 is 34.1 Å². The third-order valence-electron chi connectivity index (χ3n) is 2.24. The predicted octanol–water partition coefficient (Wildman–Crippen LogP) is -0.484. The predicted molar refractivity (Wildman–Crippen MR) is 68.6 cm³/mol. The first kappa shape index (κ1) is 18.5. The van der Waals surface area contributed by atoms with Gasteiger partial charge in [0.25, 0.3) is 0 Å². The topological polar surface area (TPSA) is 122 Å². The largest absolute Gasteiger partial charge is 0.481 e. The maximum Gasteiger partial charge on any atom is 0.317 e. The Kier molecular flexibility index (Phi) is 10.5. The van der Waals surface area contributed by atoms with Crippen molar-refractivity contribution in [2.75, 3.05) is 33.0 Å². The molecule has 8 heteroatoms. The molecule has 116 valence electrons. The number of nitrogens with one attached hydrogen (secondary N) is 1. The van der Waals surface area contributed by atoms with Crippen molar-refractivity contribution in [3.8, 4) is 0 Å². The van der Waals surface area contributed by atoms with E-state index < -0.39 is 11.9 Å². The van der Waals surface area contributed by atoms with Crippen LogP contribution in [0.3, 0.4) is 0 Å². The van der Waals surface area contributed by atoms with Gasteiger partial charge in [0.2, 0.25) is 0 Å². The Morgan fingerprint density at radius 1 is 1.00 bits per heavy atom. The molecule has 0 aliphatic carbocycles. The highest BCUT2D eigenvalue weighted by Crippen LogP contribution is 1.93.